The molecule has 5 nitrogen and oxygen atoms in total. The lowest BCUT2D eigenvalue weighted by Gasteiger charge is -2.23. The summed E-state index contributed by atoms with van der Waals surface area (Å²) in [6, 6.07) is 5.76. The Balaban J connectivity index is 2.81. The maximum absolute atomic E-state index is 11.8. The predicted octanol–water partition coefficient (Wildman–Crippen LogP) is 0.632. The minimum absolute atomic E-state index is 0.140. The average molecular weight is 270 g/mol. The highest BCUT2D eigenvalue weighted by molar-refractivity contribution is 7.76. The minimum Gasteiger partial charge on any atom is -0.478 e. The third-order valence-electron chi connectivity index (χ3n) is 2.20. The molecular formula is C12H17NO4P+. The van der Waals surface area contributed by atoms with Crippen LogP contribution >= 0.6 is 8.15 Å². The fourth-order valence-corrected chi connectivity index (χ4v) is 2.64. The van der Waals surface area contributed by atoms with Crippen molar-refractivity contribution in [1.82, 2.24) is 0 Å². The monoisotopic (exact) mass is 270 g/mol. The third kappa shape index (κ3) is 4.18. The number of aromatic carboxylic acids is 1. The Kier molecular flexibility index (Phi) is 4.57. The van der Waals surface area contributed by atoms with Crippen LogP contribution in [0.4, 0.5) is 0 Å². The highest BCUT2D eigenvalue weighted by atomic mass is 31.1. The summed E-state index contributed by atoms with van der Waals surface area (Å²) in [4.78, 5) is 32.4. The molecule has 1 aromatic rings. The summed E-state index contributed by atoms with van der Waals surface area (Å²) in [6.45, 7) is 0.239. The van der Waals surface area contributed by atoms with Crippen molar-refractivity contribution in [2.45, 2.75) is 0 Å². The molecule has 0 aliphatic rings. The number of hydrogen-bond acceptors (Lipinski definition) is 3. The van der Waals surface area contributed by atoms with E-state index in [9.17, 15) is 14.5 Å². The number of carbonyl (C=O) groups excluding carboxylic acids is 1. The molecule has 0 spiro atoms. The largest absolute Gasteiger partial charge is 0.478 e. The van der Waals surface area contributed by atoms with Gasteiger partial charge in [0.2, 0.25) is 5.52 Å². The number of benzene rings is 1. The van der Waals surface area contributed by atoms with Crippen LogP contribution in [0.25, 0.3) is 0 Å². The van der Waals surface area contributed by atoms with Crippen molar-refractivity contribution in [2.75, 3.05) is 27.7 Å². The van der Waals surface area contributed by atoms with E-state index >= 15 is 0 Å². The van der Waals surface area contributed by atoms with Crippen LogP contribution in [0.2, 0.25) is 0 Å². The number of nitrogens with zero attached hydrogens (tertiary/aromatic N) is 1. The van der Waals surface area contributed by atoms with Crippen molar-refractivity contribution >= 4 is 24.9 Å². The summed E-state index contributed by atoms with van der Waals surface area (Å²) >= 11 is 0. The van der Waals surface area contributed by atoms with E-state index in [0.717, 1.165) is 0 Å². The lowest BCUT2D eigenvalue weighted by molar-refractivity contribution is -0.861. The molecular weight excluding hydrogens is 253 g/mol. The summed E-state index contributed by atoms with van der Waals surface area (Å²) in [6.07, 6.45) is 0. The van der Waals surface area contributed by atoms with Crippen LogP contribution < -0.4 is 5.30 Å². The van der Waals surface area contributed by atoms with E-state index in [1.54, 1.807) is 0 Å². The fraction of sp³-hybridized carbons (Fsp3) is 0.333. The lowest BCUT2D eigenvalue weighted by Crippen LogP contribution is -2.39. The molecule has 0 aromatic heterocycles. The molecule has 1 rings (SSSR count). The zero-order chi connectivity index (χ0) is 13.9. The summed E-state index contributed by atoms with van der Waals surface area (Å²) in [5, 5.41) is 9.23. The molecule has 6 heteroatoms. The van der Waals surface area contributed by atoms with Crippen molar-refractivity contribution in [3.63, 3.8) is 0 Å². The number of rotatable bonds is 5. The summed E-state index contributed by atoms with van der Waals surface area (Å²) in [5.41, 5.74) is -0.0817. The van der Waals surface area contributed by atoms with Gasteiger partial charge in [0, 0.05) is 5.30 Å². The molecule has 1 atom stereocenters. The Bertz CT molecular complexity index is 450. The van der Waals surface area contributed by atoms with Gasteiger partial charge in [0.1, 0.15) is 14.7 Å². The molecule has 0 amide bonds. The number of likely N-dealkylation sites (N-methyl/N-ethyl adjacent to an activating group) is 1. The van der Waals surface area contributed by atoms with Gasteiger partial charge in [0.05, 0.1) is 26.7 Å². The first kappa shape index (κ1) is 14.8. The van der Waals surface area contributed by atoms with Gasteiger partial charge in [0.15, 0.2) is 0 Å². The molecule has 0 radical (unpaired) electrons. The lowest BCUT2D eigenvalue weighted by atomic mass is 10.2. The van der Waals surface area contributed by atoms with Gasteiger partial charge in [0.25, 0.3) is 0 Å². The Morgan fingerprint density at radius 1 is 1.17 bits per heavy atom. The van der Waals surface area contributed by atoms with Crippen molar-refractivity contribution in [2.24, 2.45) is 0 Å². The highest BCUT2D eigenvalue weighted by Crippen LogP contribution is 2.30. The molecule has 0 heterocycles. The van der Waals surface area contributed by atoms with Gasteiger partial charge in [-0.1, -0.05) is 12.1 Å². The molecule has 0 saturated carbocycles. The standard InChI is InChI=1S/C12H16NO4P/c1-13(2,3)8-11(14)18(17)10-6-4-9(5-7-10)12(15)16/h4-7,17H,8H2,1-3H3/p+1. The molecule has 0 aliphatic heterocycles. The molecule has 1 aromatic carbocycles. The topological polar surface area (TPSA) is 74.6 Å². The zero-order valence-electron chi connectivity index (χ0n) is 10.6. The van der Waals surface area contributed by atoms with Gasteiger partial charge in [-0.05, 0) is 12.1 Å². The number of hydrogen-bond donors (Lipinski definition) is 2. The van der Waals surface area contributed by atoms with Crippen molar-refractivity contribution in [3.8, 4) is 0 Å². The van der Waals surface area contributed by atoms with E-state index in [-0.39, 0.29) is 17.6 Å². The van der Waals surface area contributed by atoms with Crippen LogP contribution in [-0.4, -0.2) is 53.7 Å². The zero-order valence-corrected chi connectivity index (χ0v) is 11.5. The summed E-state index contributed by atoms with van der Waals surface area (Å²) in [5.74, 6) is -1.03. The molecule has 0 bridgehead atoms. The average Bonchev–Trinajstić information content (AvgIpc) is 2.26. The molecule has 0 fully saturated rings. The number of carbonyl (C=O) groups is 2. The van der Waals surface area contributed by atoms with Crippen LogP contribution in [0.1, 0.15) is 10.4 Å². The normalized spacial score (nSPS) is 13.1. The summed E-state index contributed by atoms with van der Waals surface area (Å²) in [7, 11) is 3.73. The number of quaternary nitrogens is 1. The van der Waals surface area contributed by atoms with E-state index in [1.165, 1.54) is 24.3 Å². The third-order valence-corrected chi connectivity index (χ3v) is 3.61. The second kappa shape index (κ2) is 5.57. The smallest absolute Gasteiger partial charge is 0.335 e. The molecule has 2 N–H and O–H groups in total. The van der Waals surface area contributed by atoms with Crippen molar-refractivity contribution in [3.05, 3.63) is 29.8 Å². The first-order valence-corrected chi connectivity index (χ1v) is 6.66. The highest BCUT2D eigenvalue weighted by Gasteiger charge is 2.24. The molecule has 0 saturated heterocycles. The van der Waals surface area contributed by atoms with Gasteiger partial charge in [-0.25, -0.2) is 4.79 Å². The second-order valence-electron chi connectivity index (χ2n) is 5.01. The second-order valence-corrected chi connectivity index (χ2v) is 6.64. The van der Waals surface area contributed by atoms with Crippen molar-refractivity contribution in [1.29, 1.82) is 0 Å². The van der Waals surface area contributed by atoms with Crippen LogP contribution in [0.15, 0.2) is 24.3 Å². The van der Waals surface area contributed by atoms with Gasteiger partial charge in [-0.2, -0.15) is 0 Å². The number of carboxylic acids is 1. The van der Waals surface area contributed by atoms with Crippen LogP contribution in [0.5, 0.6) is 0 Å². The maximum atomic E-state index is 11.8. The van der Waals surface area contributed by atoms with Gasteiger partial charge in [-0.3, -0.25) is 4.79 Å². The summed E-state index contributed by atoms with van der Waals surface area (Å²) < 4.78 is 0.450. The van der Waals surface area contributed by atoms with E-state index in [0.29, 0.717) is 9.79 Å². The Morgan fingerprint density at radius 2 is 1.67 bits per heavy atom. The quantitative estimate of drug-likeness (QED) is 0.608. The van der Waals surface area contributed by atoms with E-state index in [4.69, 9.17) is 5.11 Å². The first-order valence-electron chi connectivity index (χ1n) is 5.36. The van der Waals surface area contributed by atoms with Crippen molar-refractivity contribution < 1.29 is 24.1 Å². The van der Waals surface area contributed by atoms with Crippen LogP contribution in [-0.2, 0) is 4.79 Å². The molecule has 0 aliphatic carbocycles. The van der Waals surface area contributed by atoms with E-state index < -0.39 is 14.1 Å². The maximum Gasteiger partial charge on any atom is 0.335 e. The molecule has 18 heavy (non-hydrogen) atoms. The SMILES string of the molecule is C[N+](C)(C)CC(=O)P(O)c1ccc(C(=O)O)cc1. The van der Waals surface area contributed by atoms with E-state index in [2.05, 4.69) is 0 Å². The Hall–Kier alpha value is -1.29. The number of carboxylic acid groups (broad SMARTS) is 1. The Morgan fingerprint density at radius 3 is 2.06 bits per heavy atom. The fourth-order valence-electron chi connectivity index (χ4n) is 1.36. The van der Waals surface area contributed by atoms with Gasteiger partial charge < -0.3 is 14.5 Å². The van der Waals surface area contributed by atoms with Gasteiger partial charge >= 0.3 is 5.97 Å². The Labute approximate surface area is 107 Å². The first-order chi connectivity index (χ1) is 8.20. The van der Waals surface area contributed by atoms with Crippen LogP contribution in [0.3, 0.4) is 0 Å². The molecule has 1 unspecified atom stereocenters. The minimum atomic E-state index is -1.88. The van der Waals surface area contributed by atoms with Gasteiger partial charge in [-0.15, -0.1) is 0 Å². The van der Waals surface area contributed by atoms with E-state index in [1.807, 2.05) is 21.1 Å². The predicted molar refractivity (Wildman–Crippen MR) is 70.1 cm³/mol. The van der Waals surface area contributed by atoms with Crippen LogP contribution in [0, 0.1) is 0 Å². The molecule has 98 valence electrons.